The topological polar surface area (TPSA) is 66.0 Å². The first kappa shape index (κ1) is 17.0. The average molecular weight is 382 g/mol. The van der Waals surface area contributed by atoms with Gasteiger partial charge in [0.25, 0.3) is 0 Å². The lowest BCUT2D eigenvalue weighted by molar-refractivity contribution is 0.0954. The molecule has 0 bridgehead atoms. The molecule has 0 amide bonds. The molecule has 3 aromatic rings. The number of hydrogen-bond acceptors (Lipinski definition) is 6. The van der Waals surface area contributed by atoms with Gasteiger partial charge in [-0.05, 0) is 31.2 Å². The second kappa shape index (κ2) is 7.48. The first-order valence-corrected chi connectivity index (χ1v) is 10.5. The molecule has 6 nitrogen and oxygen atoms in total. The van der Waals surface area contributed by atoms with E-state index in [0.717, 1.165) is 42.7 Å². The van der Waals surface area contributed by atoms with Gasteiger partial charge in [0.1, 0.15) is 0 Å². The van der Waals surface area contributed by atoms with Crippen LogP contribution in [0.3, 0.4) is 0 Å². The van der Waals surface area contributed by atoms with E-state index in [1.54, 1.807) is 11.8 Å². The van der Waals surface area contributed by atoms with Gasteiger partial charge in [-0.2, -0.15) is 0 Å². The SMILES string of the molecule is c1ccc(-c2cnc(SCc3nnc(C4CC4)o3)n2CC2CCCO2)cc1. The normalized spacial score (nSPS) is 19.6. The van der Waals surface area contributed by atoms with Crippen LogP contribution in [0.5, 0.6) is 0 Å². The van der Waals surface area contributed by atoms with Gasteiger partial charge < -0.3 is 13.7 Å². The molecule has 2 aliphatic rings. The molecule has 0 N–H and O–H groups in total. The summed E-state index contributed by atoms with van der Waals surface area (Å²) in [4.78, 5) is 4.68. The highest BCUT2D eigenvalue weighted by atomic mass is 32.2. The quantitative estimate of drug-likeness (QED) is 0.568. The Labute approximate surface area is 162 Å². The van der Waals surface area contributed by atoms with Gasteiger partial charge in [0.05, 0.1) is 30.3 Å². The van der Waals surface area contributed by atoms with Gasteiger partial charge in [0.2, 0.25) is 11.8 Å². The summed E-state index contributed by atoms with van der Waals surface area (Å²) in [7, 11) is 0. The van der Waals surface area contributed by atoms with Gasteiger partial charge in [0.15, 0.2) is 5.16 Å². The van der Waals surface area contributed by atoms with Crippen molar-refractivity contribution in [2.24, 2.45) is 0 Å². The predicted molar refractivity (Wildman–Crippen MR) is 102 cm³/mol. The lowest BCUT2D eigenvalue weighted by atomic mass is 10.1. The Kier molecular flexibility index (Phi) is 4.71. The van der Waals surface area contributed by atoms with Crippen molar-refractivity contribution >= 4 is 11.8 Å². The fraction of sp³-hybridized carbons (Fsp3) is 0.450. The van der Waals surface area contributed by atoms with Gasteiger partial charge in [-0.1, -0.05) is 42.1 Å². The van der Waals surface area contributed by atoms with Gasteiger partial charge in [-0.25, -0.2) is 4.98 Å². The first-order chi connectivity index (χ1) is 13.4. The average Bonchev–Trinajstić information content (AvgIpc) is 3.10. The third-order valence-electron chi connectivity index (χ3n) is 5.03. The zero-order chi connectivity index (χ0) is 18.1. The van der Waals surface area contributed by atoms with E-state index in [-0.39, 0.29) is 6.10 Å². The van der Waals surface area contributed by atoms with E-state index >= 15 is 0 Å². The maximum Gasteiger partial charge on any atom is 0.226 e. The molecule has 2 aromatic heterocycles. The molecule has 5 rings (SSSR count). The van der Waals surface area contributed by atoms with Crippen LogP contribution in [-0.4, -0.2) is 32.5 Å². The molecule has 7 heteroatoms. The van der Waals surface area contributed by atoms with Crippen molar-refractivity contribution in [1.29, 1.82) is 0 Å². The van der Waals surface area contributed by atoms with Gasteiger partial charge >= 0.3 is 0 Å². The Morgan fingerprint density at radius 2 is 2.00 bits per heavy atom. The predicted octanol–water partition coefficient (Wildman–Crippen LogP) is 4.28. The second-order valence-corrected chi connectivity index (χ2v) is 8.08. The molecule has 140 valence electrons. The number of aromatic nitrogens is 4. The van der Waals surface area contributed by atoms with Crippen molar-refractivity contribution in [2.45, 2.75) is 55.2 Å². The number of benzene rings is 1. The third kappa shape index (κ3) is 3.80. The molecular weight excluding hydrogens is 360 g/mol. The summed E-state index contributed by atoms with van der Waals surface area (Å²) < 4.78 is 13.9. The van der Waals surface area contributed by atoms with E-state index < -0.39 is 0 Å². The minimum absolute atomic E-state index is 0.255. The maximum absolute atomic E-state index is 5.87. The molecule has 0 radical (unpaired) electrons. The molecule has 27 heavy (non-hydrogen) atoms. The highest BCUT2D eigenvalue weighted by Crippen LogP contribution is 2.39. The number of imidazole rings is 1. The van der Waals surface area contributed by atoms with E-state index in [0.29, 0.717) is 17.6 Å². The molecule has 1 saturated carbocycles. The zero-order valence-corrected chi connectivity index (χ0v) is 15.9. The Morgan fingerprint density at radius 3 is 2.78 bits per heavy atom. The summed E-state index contributed by atoms with van der Waals surface area (Å²) in [5, 5.41) is 9.33. The number of rotatable bonds is 7. The van der Waals surface area contributed by atoms with Crippen molar-refractivity contribution in [3.8, 4) is 11.3 Å². The highest BCUT2D eigenvalue weighted by Gasteiger charge is 2.29. The first-order valence-electron chi connectivity index (χ1n) is 9.54. The van der Waals surface area contributed by atoms with Crippen LogP contribution in [0.25, 0.3) is 11.3 Å². The summed E-state index contributed by atoms with van der Waals surface area (Å²) in [5.41, 5.74) is 2.29. The van der Waals surface area contributed by atoms with Crippen LogP contribution in [-0.2, 0) is 17.0 Å². The van der Waals surface area contributed by atoms with E-state index in [9.17, 15) is 0 Å². The number of ether oxygens (including phenoxy) is 1. The maximum atomic E-state index is 5.87. The number of nitrogens with zero attached hydrogens (tertiary/aromatic N) is 4. The molecule has 1 saturated heterocycles. The summed E-state index contributed by atoms with van der Waals surface area (Å²) in [6.45, 7) is 1.68. The van der Waals surface area contributed by atoms with Crippen molar-refractivity contribution in [3.05, 3.63) is 48.3 Å². The van der Waals surface area contributed by atoms with Crippen LogP contribution in [0, 0.1) is 0 Å². The smallest absolute Gasteiger partial charge is 0.226 e. The van der Waals surface area contributed by atoms with Gasteiger partial charge in [-0.15, -0.1) is 10.2 Å². The van der Waals surface area contributed by atoms with E-state index in [1.807, 2.05) is 12.3 Å². The fourth-order valence-corrected chi connectivity index (χ4v) is 4.25. The summed E-state index contributed by atoms with van der Waals surface area (Å²) in [5.74, 6) is 2.59. The van der Waals surface area contributed by atoms with Gasteiger partial charge in [0, 0.05) is 12.5 Å². The number of hydrogen-bond donors (Lipinski definition) is 0. The molecule has 1 aliphatic heterocycles. The van der Waals surface area contributed by atoms with Crippen molar-refractivity contribution < 1.29 is 9.15 Å². The molecule has 0 spiro atoms. The minimum atomic E-state index is 0.255. The lowest BCUT2D eigenvalue weighted by Crippen LogP contribution is -2.16. The van der Waals surface area contributed by atoms with Crippen LogP contribution < -0.4 is 0 Å². The lowest BCUT2D eigenvalue weighted by Gasteiger charge is -2.15. The Morgan fingerprint density at radius 1 is 1.11 bits per heavy atom. The van der Waals surface area contributed by atoms with Crippen LogP contribution in [0.2, 0.25) is 0 Å². The molecule has 1 aromatic carbocycles. The Balaban J connectivity index is 1.37. The summed E-state index contributed by atoms with van der Waals surface area (Å²) in [6.07, 6.45) is 6.78. The second-order valence-electron chi connectivity index (χ2n) is 7.13. The fourth-order valence-electron chi connectivity index (χ4n) is 3.43. The van der Waals surface area contributed by atoms with E-state index in [4.69, 9.17) is 9.15 Å². The minimum Gasteiger partial charge on any atom is -0.424 e. The van der Waals surface area contributed by atoms with Crippen molar-refractivity contribution in [3.63, 3.8) is 0 Å². The molecule has 3 heterocycles. The van der Waals surface area contributed by atoms with Crippen molar-refractivity contribution in [1.82, 2.24) is 19.7 Å². The summed E-state index contributed by atoms with van der Waals surface area (Å²) in [6, 6.07) is 10.4. The Hall–Kier alpha value is -2.12. The van der Waals surface area contributed by atoms with E-state index in [1.165, 1.54) is 18.4 Å². The van der Waals surface area contributed by atoms with Crippen LogP contribution in [0.4, 0.5) is 0 Å². The summed E-state index contributed by atoms with van der Waals surface area (Å²) >= 11 is 1.64. The van der Waals surface area contributed by atoms with Crippen LogP contribution in [0.15, 0.2) is 46.1 Å². The molecular formula is C20H22N4O2S. The highest BCUT2D eigenvalue weighted by molar-refractivity contribution is 7.98. The standard InChI is InChI=1S/C20H22N4O2S/c1-2-5-14(6-3-1)17-11-21-20(24(17)12-16-7-4-10-25-16)27-13-18-22-23-19(26-18)15-8-9-15/h1-3,5-6,11,15-16H,4,7-10,12-13H2. The molecule has 1 atom stereocenters. The number of thioether (sulfide) groups is 1. The molecule has 1 unspecified atom stereocenters. The van der Waals surface area contributed by atoms with Crippen LogP contribution >= 0.6 is 11.8 Å². The van der Waals surface area contributed by atoms with Crippen molar-refractivity contribution in [2.75, 3.05) is 6.61 Å². The Bertz CT molecular complexity index is 898. The largest absolute Gasteiger partial charge is 0.424 e. The third-order valence-corrected chi connectivity index (χ3v) is 6.01. The van der Waals surface area contributed by atoms with E-state index in [2.05, 4.69) is 44.0 Å². The monoisotopic (exact) mass is 382 g/mol. The van der Waals surface area contributed by atoms with Gasteiger partial charge in [-0.3, -0.25) is 0 Å². The molecule has 1 aliphatic carbocycles. The van der Waals surface area contributed by atoms with Crippen LogP contribution in [0.1, 0.15) is 43.4 Å². The molecule has 2 fully saturated rings. The zero-order valence-electron chi connectivity index (χ0n) is 15.1.